The fourth-order valence-electron chi connectivity index (χ4n) is 2.79. The highest BCUT2D eigenvalue weighted by Gasteiger charge is 2.26. The van der Waals surface area contributed by atoms with E-state index in [2.05, 4.69) is 38.5 Å². The van der Waals surface area contributed by atoms with Crippen LogP contribution in [0, 0.1) is 5.92 Å². The quantitative estimate of drug-likeness (QED) is 0.832. The molecule has 0 unspecified atom stereocenters. The molecule has 1 aliphatic heterocycles. The van der Waals surface area contributed by atoms with Gasteiger partial charge in [-0.15, -0.1) is 0 Å². The highest BCUT2D eigenvalue weighted by atomic mass is 16.1. The summed E-state index contributed by atoms with van der Waals surface area (Å²) >= 11 is 0. The maximum atomic E-state index is 12.0. The Balaban J connectivity index is 2.09. The zero-order valence-electron chi connectivity index (χ0n) is 13.1. The van der Waals surface area contributed by atoms with Crippen molar-refractivity contribution in [2.45, 2.75) is 6.54 Å². The Kier molecular flexibility index (Phi) is 5.52. The number of hydrogen-bond acceptors (Lipinski definition) is 5. The highest BCUT2D eigenvalue weighted by molar-refractivity contribution is 5.78. The van der Waals surface area contributed by atoms with Crippen molar-refractivity contribution in [2.75, 3.05) is 52.6 Å². The van der Waals surface area contributed by atoms with Crippen molar-refractivity contribution < 1.29 is 4.79 Å². The molecule has 0 radical (unpaired) electrons. The van der Waals surface area contributed by atoms with Crippen molar-refractivity contribution in [2.24, 2.45) is 5.92 Å². The van der Waals surface area contributed by atoms with Gasteiger partial charge in [0, 0.05) is 58.6 Å². The number of nitrogens with zero attached hydrogens (tertiary/aromatic N) is 3. The number of amides is 1. The normalized spacial score (nSPS) is 20.8. The fraction of sp³-hybridized carbons (Fsp3) is 0.600. The van der Waals surface area contributed by atoms with Crippen molar-refractivity contribution in [3.05, 3.63) is 23.9 Å². The van der Waals surface area contributed by atoms with E-state index in [1.165, 1.54) is 5.56 Å². The third-order valence-electron chi connectivity index (χ3n) is 3.95. The molecule has 1 amide bonds. The minimum atomic E-state index is 0.0113. The second-order valence-electron chi connectivity index (χ2n) is 5.57. The van der Waals surface area contributed by atoms with Gasteiger partial charge >= 0.3 is 0 Å². The lowest BCUT2D eigenvalue weighted by Crippen LogP contribution is -2.39. The van der Waals surface area contributed by atoms with Crippen molar-refractivity contribution in [3.63, 3.8) is 0 Å². The second-order valence-corrected chi connectivity index (χ2v) is 5.57. The summed E-state index contributed by atoms with van der Waals surface area (Å²) in [6.45, 7) is 4.33. The van der Waals surface area contributed by atoms with Gasteiger partial charge in [0.25, 0.3) is 0 Å². The van der Waals surface area contributed by atoms with E-state index in [-0.39, 0.29) is 11.8 Å². The largest absolute Gasteiger partial charge is 0.373 e. The lowest BCUT2D eigenvalue weighted by molar-refractivity contribution is -0.125. The molecule has 2 heterocycles. The summed E-state index contributed by atoms with van der Waals surface area (Å²) in [7, 11) is 5.66. The van der Waals surface area contributed by atoms with Gasteiger partial charge in [-0.25, -0.2) is 4.98 Å². The van der Waals surface area contributed by atoms with Crippen molar-refractivity contribution in [3.8, 4) is 0 Å². The van der Waals surface area contributed by atoms with Crippen LogP contribution in [0.25, 0.3) is 0 Å². The molecule has 2 N–H and O–H groups in total. The number of aromatic nitrogens is 1. The van der Waals surface area contributed by atoms with E-state index < -0.39 is 0 Å². The first-order valence-corrected chi connectivity index (χ1v) is 7.38. The Labute approximate surface area is 126 Å². The first-order valence-electron chi connectivity index (χ1n) is 7.38. The minimum Gasteiger partial charge on any atom is -0.373 e. The maximum Gasteiger partial charge on any atom is 0.225 e. The van der Waals surface area contributed by atoms with Crippen LogP contribution in [0.4, 0.5) is 5.82 Å². The van der Waals surface area contributed by atoms with E-state index in [0.29, 0.717) is 0 Å². The van der Waals surface area contributed by atoms with Gasteiger partial charge in [-0.1, -0.05) is 6.07 Å². The van der Waals surface area contributed by atoms with E-state index in [1.54, 1.807) is 13.2 Å². The summed E-state index contributed by atoms with van der Waals surface area (Å²) in [6.07, 6.45) is 1.79. The highest BCUT2D eigenvalue weighted by Crippen LogP contribution is 2.16. The molecule has 1 aromatic rings. The van der Waals surface area contributed by atoms with Crippen LogP contribution in [0.15, 0.2) is 18.3 Å². The third kappa shape index (κ3) is 4.15. The summed E-state index contributed by atoms with van der Waals surface area (Å²) < 4.78 is 0. The van der Waals surface area contributed by atoms with Gasteiger partial charge in [0.2, 0.25) is 5.91 Å². The molecule has 1 fully saturated rings. The molecular weight excluding hydrogens is 266 g/mol. The Hall–Kier alpha value is -1.66. The Morgan fingerprint density at radius 2 is 2.19 bits per heavy atom. The van der Waals surface area contributed by atoms with Crippen molar-refractivity contribution in [1.29, 1.82) is 0 Å². The number of nitrogens with one attached hydrogen (secondary N) is 2. The van der Waals surface area contributed by atoms with Crippen LogP contribution in [0.1, 0.15) is 5.56 Å². The molecule has 0 aliphatic carbocycles. The van der Waals surface area contributed by atoms with E-state index in [4.69, 9.17) is 0 Å². The molecule has 1 aromatic heterocycles. The van der Waals surface area contributed by atoms with Crippen LogP contribution in [-0.2, 0) is 11.3 Å². The number of anilines is 1. The molecule has 0 saturated carbocycles. The van der Waals surface area contributed by atoms with Crippen LogP contribution in [-0.4, -0.2) is 68.0 Å². The topological polar surface area (TPSA) is 60.5 Å². The molecule has 6 heteroatoms. The average molecular weight is 291 g/mol. The van der Waals surface area contributed by atoms with E-state index in [1.807, 2.05) is 13.1 Å². The number of carbonyl (C=O) groups is 1. The molecule has 116 valence electrons. The molecule has 1 saturated heterocycles. The predicted octanol–water partition coefficient (Wildman–Crippen LogP) is 0.233. The van der Waals surface area contributed by atoms with Crippen LogP contribution < -0.4 is 10.6 Å². The van der Waals surface area contributed by atoms with Crippen LogP contribution in [0.3, 0.4) is 0 Å². The zero-order valence-corrected chi connectivity index (χ0v) is 13.1. The number of rotatable bonds is 4. The minimum absolute atomic E-state index is 0.0113. The maximum absolute atomic E-state index is 12.0. The zero-order chi connectivity index (χ0) is 15.2. The molecule has 2 rings (SSSR count). The molecule has 0 aromatic carbocycles. The summed E-state index contributed by atoms with van der Waals surface area (Å²) in [5.41, 5.74) is 1.17. The fourth-order valence-corrected chi connectivity index (χ4v) is 2.79. The molecular formula is C15H25N5O. The lowest BCUT2D eigenvalue weighted by atomic mass is 10.1. The van der Waals surface area contributed by atoms with E-state index in [9.17, 15) is 4.79 Å². The van der Waals surface area contributed by atoms with Crippen molar-refractivity contribution in [1.82, 2.24) is 20.1 Å². The van der Waals surface area contributed by atoms with Gasteiger partial charge < -0.3 is 15.5 Å². The monoisotopic (exact) mass is 291 g/mol. The van der Waals surface area contributed by atoms with Gasteiger partial charge in [0.1, 0.15) is 5.82 Å². The molecule has 0 bridgehead atoms. The standard InChI is InChI=1S/C15H25N5O/c1-16-14-12(5-4-6-18-14)10-20-8-7-19(3)9-13(11-20)15(21)17-2/h4-6,13H,7-11H2,1-3H3,(H,16,18)(H,17,21)/t13-/m1/s1. The van der Waals surface area contributed by atoms with Gasteiger partial charge in [0.15, 0.2) is 0 Å². The van der Waals surface area contributed by atoms with E-state index >= 15 is 0 Å². The summed E-state index contributed by atoms with van der Waals surface area (Å²) in [5, 5.41) is 5.90. The lowest BCUT2D eigenvalue weighted by Gasteiger charge is -2.23. The summed E-state index contributed by atoms with van der Waals surface area (Å²) in [4.78, 5) is 20.9. The number of carbonyl (C=O) groups excluding carboxylic acids is 1. The van der Waals surface area contributed by atoms with Crippen molar-refractivity contribution >= 4 is 11.7 Å². The number of hydrogen-bond donors (Lipinski definition) is 2. The van der Waals surface area contributed by atoms with Crippen LogP contribution in [0.5, 0.6) is 0 Å². The average Bonchev–Trinajstić information content (AvgIpc) is 2.69. The summed E-state index contributed by atoms with van der Waals surface area (Å²) in [6, 6.07) is 4.04. The Morgan fingerprint density at radius 3 is 2.90 bits per heavy atom. The van der Waals surface area contributed by atoms with Crippen LogP contribution in [0.2, 0.25) is 0 Å². The van der Waals surface area contributed by atoms with Gasteiger partial charge in [-0.2, -0.15) is 0 Å². The van der Waals surface area contributed by atoms with Gasteiger partial charge in [-0.05, 0) is 13.1 Å². The number of likely N-dealkylation sites (N-methyl/N-ethyl adjacent to an activating group) is 1. The number of pyridine rings is 1. The molecule has 6 nitrogen and oxygen atoms in total. The molecule has 21 heavy (non-hydrogen) atoms. The Bertz CT molecular complexity index is 479. The first-order chi connectivity index (χ1) is 10.1. The SMILES string of the molecule is CNC(=O)[C@@H]1CN(C)CCN(Cc2cccnc2NC)C1. The first kappa shape index (κ1) is 15.7. The molecule has 1 aliphatic rings. The van der Waals surface area contributed by atoms with Gasteiger partial charge in [0.05, 0.1) is 5.92 Å². The van der Waals surface area contributed by atoms with Gasteiger partial charge in [-0.3, -0.25) is 9.69 Å². The Morgan fingerprint density at radius 1 is 1.38 bits per heavy atom. The molecule has 1 atom stereocenters. The van der Waals surface area contributed by atoms with Crippen LogP contribution >= 0.6 is 0 Å². The third-order valence-corrected chi connectivity index (χ3v) is 3.95. The second kappa shape index (κ2) is 7.38. The molecule has 0 spiro atoms. The predicted molar refractivity (Wildman–Crippen MR) is 84.1 cm³/mol. The van der Waals surface area contributed by atoms with E-state index in [0.717, 1.165) is 38.5 Å². The smallest absolute Gasteiger partial charge is 0.225 e. The summed E-state index contributed by atoms with van der Waals surface area (Å²) in [5.74, 6) is 1.04.